The third-order valence-corrected chi connectivity index (χ3v) is 10.2. The highest BCUT2D eigenvalue weighted by molar-refractivity contribution is 7.91. The first-order valence-corrected chi connectivity index (χ1v) is 13.6. The molecule has 2 aliphatic rings. The zero-order chi connectivity index (χ0) is 28.0. The number of amides is 1. The minimum Gasteiger partial charge on any atom is -0.369 e. The van der Waals surface area contributed by atoms with Crippen LogP contribution in [0.25, 0.3) is 0 Å². The van der Waals surface area contributed by atoms with E-state index in [1.165, 1.54) is 25.2 Å². The lowest BCUT2D eigenvalue weighted by molar-refractivity contribution is 0.102. The first-order valence-electron chi connectivity index (χ1n) is 12.2. The molecule has 1 saturated heterocycles. The van der Waals surface area contributed by atoms with Gasteiger partial charge in [-0.15, -0.1) is 0 Å². The second-order valence-corrected chi connectivity index (χ2v) is 12.1. The number of nitrogens with zero attached hydrogens (tertiary/aromatic N) is 5. The Kier molecular flexibility index (Phi) is 6.59. The fraction of sp³-hybridized carbons (Fsp3) is 0.308. The number of rotatable bonds is 5. The molecule has 10 nitrogen and oxygen atoms in total. The second kappa shape index (κ2) is 9.65. The molecular weight excluding hydrogens is 528 g/mol. The summed E-state index contributed by atoms with van der Waals surface area (Å²) in [4.78, 5) is 27.3. The number of hydrogen-bond donors (Lipinski definition) is 2. The Morgan fingerprint density at radius 2 is 1.95 bits per heavy atom. The van der Waals surface area contributed by atoms with Gasteiger partial charge in [0.1, 0.15) is 27.6 Å². The fourth-order valence-corrected chi connectivity index (χ4v) is 7.51. The highest BCUT2D eigenvalue weighted by Crippen LogP contribution is 2.52. The van der Waals surface area contributed by atoms with Gasteiger partial charge in [-0.3, -0.25) is 14.7 Å². The van der Waals surface area contributed by atoms with Crippen molar-refractivity contribution in [3.05, 3.63) is 89.5 Å². The number of sulfonamides is 1. The number of halogens is 2. The molecule has 3 aromatic rings. The zero-order valence-corrected chi connectivity index (χ0v) is 22.1. The maximum absolute atomic E-state index is 15.6. The molecule has 204 valence electrons. The number of nitrogens with two attached hydrogens (primary N) is 1. The number of benzene rings is 1. The molecule has 0 bridgehead atoms. The van der Waals surface area contributed by atoms with Gasteiger partial charge in [0.2, 0.25) is 16.0 Å². The van der Waals surface area contributed by atoms with Crippen molar-refractivity contribution in [2.75, 3.05) is 25.5 Å². The van der Waals surface area contributed by atoms with Crippen molar-refractivity contribution in [3.63, 3.8) is 0 Å². The first-order chi connectivity index (χ1) is 18.5. The Morgan fingerprint density at radius 3 is 2.64 bits per heavy atom. The summed E-state index contributed by atoms with van der Waals surface area (Å²) in [5.41, 5.74) is 5.31. The molecule has 39 heavy (non-hydrogen) atoms. The number of nitrogens with one attached hydrogen (secondary N) is 1. The van der Waals surface area contributed by atoms with Gasteiger partial charge in [-0.05, 0) is 55.8 Å². The van der Waals surface area contributed by atoms with Gasteiger partial charge in [-0.2, -0.15) is 0 Å². The highest BCUT2D eigenvalue weighted by atomic mass is 32.2. The third-order valence-electron chi connectivity index (χ3n) is 7.53. The lowest BCUT2D eigenvalue weighted by atomic mass is 9.78. The summed E-state index contributed by atoms with van der Waals surface area (Å²) in [7, 11) is -2.78. The molecular formula is C26H27F2N7O3S. The molecule has 2 aliphatic heterocycles. The Balaban J connectivity index is 1.55. The van der Waals surface area contributed by atoms with E-state index in [1.54, 1.807) is 19.2 Å². The fourth-order valence-electron chi connectivity index (χ4n) is 5.35. The van der Waals surface area contributed by atoms with E-state index in [2.05, 4.69) is 20.3 Å². The molecule has 1 spiro atoms. The monoisotopic (exact) mass is 555 g/mol. The third kappa shape index (κ3) is 4.40. The van der Waals surface area contributed by atoms with Crippen LogP contribution >= 0.6 is 0 Å². The Bertz CT molecular complexity index is 1550. The van der Waals surface area contributed by atoms with E-state index in [4.69, 9.17) is 5.73 Å². The number of aliphatic imine (C=N–C) groups is 1. The molecule has 2 atom stereocenters. The molecule has 0 unspecified atom stereocenters. The summed E-state index contributed by atoms with van der Waals surface area (Å²) in [6, 6.07) is 11.7. The molecule has 1 fully saturated rings. The minimum absolute atomic E-state index is 0.0355. The number of carbonyl (C=O) groups is 1. The van der Waals surface area contributed by atoms with E-state index in [9.17, 15) is 17.6 Å². The summed E-state index contributed by atoms with van der Waals surface area (Å²) in [5.74, 6) is -2.21. The topological polar surface area (TPSA) is 134 Å². The van der Waals surface area contributed by atoms with E-state index in [0.29, 0.717) is 13.1 Å². The lowest BCUT2D eigenvalue weighted by Gasteiger charge is -2.48. The number of hydrogen-bond acceptors (Lipinski definition) is 8. The largest absolute Gasteiger partial charge is 0.369 e. The van der Waals surface area contributed by atoms with Crippen LogP contribution in [0.2, 0.25) is 0 Å². The first kappa shape index (κ1) is 26.6. The van der Waals surface area contributed by atoms with Crippen LogP contribution in [0, 0.1) is 11.6 Å². The predicted molar refractivity (Wildman–Crippen MR) is 141 cm³/mol. The number of pyridine rings is 2. The number of carbonyl (C=O) groups excluding carboxylic acids is 1. The van der Waals surface area contributed by atoms with E-state index in [-0.39, 0.29) is 35.9 Å². The molecule has 5 rings (SSSR count). The number of aromatic nitrogens is 2. The van der Waals surface area contributed by atoms with Gasteiger partial charge in [0.05, 0.1) is 11.9 Å². The van der Waals surface area contributed by atoms with Gasteiger partial charge in [0, 0.05) is 44.1 Å². The standard InChI is InChI=1S/C26H27F2N7O3S/c1-25(20-13-18(7-8-21(20)28)32-23(36)22-9-6-17(27)14-31-22)26(39(37,38)34(2)24(29)33-25)10-12-35(16-26)15-19-5-3-4-11-30-19/h3-9,11,13-14H,10,12,15-16H2,1-2H3,(H2,29,33)(H,32,36)/t25-,26-/m1/s1. The highest BCUT2D eigenvalue weighted by Gasteiger charge is 2.66. The summed E-state index contributed by atoms with van der Waals surface area (Å²) in [6.45, 7) is 2.42. The van der Waals surface area contributed by atoms with Crippen molar-refractivity contribution in [1.82, 2.24) is 19.2 Å². The Hall–Kier alpha value is -3.97. The maximum Gasteiger partial charge on any atom is 0.274 e. The molecule has 4 heterocycles. The summed E-state index contributed by atoms with van der Waals surface area (Å²) < 4.78 is 56.2. The molecule has 0 radical (unpaired) electrons. The van der Waals surface area contributed by atoms with E-state index in [1.807, 2.05) is 17.0 Å². The second-order valence-electron chi connectivity index (χ2n) is 9.80. The van der Waals surface area contributed by atoms with Crippen LogP contribution in [-0.4, -0.2) is 64.3 Å². The predicted octanol–water partition coefficient (Wildman–Crippen LogP) is 2.46. The van der Waals surface area contributed by atoms with Gasteiger partial charge in [-0.1, -0.05) is 6.07 Å². The number of likely N-dealkylation sites (tertiary alicyclic amines) is 1. The van der Waals surface area contributed by atoms with Crippen molar-refractivity contribution >= 4 is 27.6 Å². The van der Waals surface area contributed by atoms with Gasteiger partial charge in [0.15, 0.2) is 0 Å². The van der Waals surface area contributed by atoms with Gasteiger partial charge in [-0.25, -0.2) is 31.5 Å². The van der Waals surface area contributed by atoms with E-state index < -0.39 is 37.9 Å². The molecule has 0 aliphatic carbocycles. The van der Waals surface area contributed by atoms with Crippen molar-refractivity contribution < 1.29 is 22.0 Å². The SMILES string of the molecule is CN1C(N)=N[C@](C)(c2cc(NC(=O)c3ccc(F)cn3)ccc2F)[C@]2(CCN(Cc3ccccn3)C2)S1(=O)=O. The van der Waals surface area contributed by atoms with Crippen LogP contribution in [0.3, 0.4) is 0 Å². The average molecular weight is 556 g/mol. The van der Waals surface area contributed by atoms with Crippen molar-refractivity contribution in [2.45, 2.75) is 30.2 Å². The molecule has 1 amide bonds. The van der Waals surface area contributed by atoms with Crippen LogP contribution in [0.15, 0.2) is 65.9 Å². The van der Waals surface area contributed by atoms with Gasteiger partial charge >= 0.3 is 0 Å². The number of guanidine groups is 1. The van der Waals surface area contributed by atoms with Crippen LogP contribution < -0.4 is 11.1 Å². The smallest absolute Gasteiger partial charge is 0.274 e. The van der Waals surface area contributed by atoms with Gasteiger partial charge in [0.25, 0.3) is 5.91 Å². The summed E-state index contributed by atoms with van der Waals surface area (Å²) >= 11 is 0. The molecule has 1 aromatic carbocycles. The van der Waals surface area contributed by atoms with E-state index in [0.717, 1.165) is 28.3 Å². The maximum atomic E-state index is 15.6. The van der Waals surface area contributed by atoms with Crippen LogP contribution in [0.1, 0.15) is 35.1 Å². The lowest BCUT2D eigenvalue weighted by Crippen LogP contribution is -2.66. The van der Waals surface area contributed by atoms with Crippen molar-refractivity contribution in [2.24, 2.45) is 10.7 Å². The van der Waals surface area contributed by atoms with Crippen molar-refractivity contribution in [3.8, 4) is 0 Å². The van der Waals surface area contributed by atoms with Crippen LogP contribution in [0.5, 0.6) is 0 Å². The minimum atomic E-state index is -4.12. The summed E-state index contributed by atoms with van der Waals surface area (Å²) in [5, 5.41) is 2.61. The Labute approximate surface area is 224 Å². The van der Waals surface area contributed by atoms with Crippen LogP contribution in [0.4, 0.5) is 14.5 Å². The summed E-state index contributed by atoms with van der Waals surface area (Å²) in [6.07, 6.45) is 2.74. The quantitative estimate of drug-likeness (QED) is 0.494. The molecule has 3 N–H and O–H groups in total. The molecule has 0 saturated carbocycles. The van der Waals surface area contributed by atoms with Crippen LogP contribution in [-0.2, 0) is 22.1 Å². The molecule has 2 aromatic heterocycles. The molecule has 13 heteroatoms. The van der Waals surface area contributed by atoms with Gasteiger partial charge < -0.3 is 11.1 Å². The number of anilines is 1. The zero-order valence-electron chi connectivity index (χ0n) is 21.3. The Morgan fingerprint density at radius 1 is 1.15 bits per heavy atom. The average Bonchev–Trinajstić information content (AvgIpc) is 3.35. The van der Waals surface area contributed by atoms with E-state index >= 15 is 4.39 Å². The normalized spacial score (nSPS) is 24.5. The van der Waals surface area contributed by atoms with Crippen molar-refractivity contribution in [1.29, 1.82) is 0 Å².